The number of amides is 2. The van der Waals surface area contributed by atoms with Crippen molar-refractivity contribution in [3.63, 3.8) is 0 Å². The van der Waals surface area contributed by atoms with Crippen molar-refractivity contribution in [2.24, 2.45) is 0 Å². The number of aryl methyl sites for hydroxylation is 1. The van der Waals surface area contributed by atoms with E-state index in [2.05, 4.69) is 5.32 Å². The molecule has 7 nitrogen and oxygen atoms in total. The molecule has 2 aromatic heterocycles. The van der Waals surface area contributed by atoms with E-state index < -0.39 is 5.97 Å². The van der Waals surface area contributed by atoms with Gasteiger partial charge in [0.05, 0.1) is 23.7 Å². The number of ether oxygens (including phenoxy) is 1. The Labute approximate surface area is 221 Å². The van der Waals surface area contributed by atoms with Crippen molar-refractivity contribution < 1.29 is 19.1 Å². The number of carbonyl (C=O) groups excluding carboxylic acids is 3. The summed E-state index contributed by atoms with van der Waals surface area (Å²) in [6.45, 7) is 6.28. The molecule has 3 heterocycles. The molecule has 0 spiro atoms. The summed E-state index contributed by atoms with van der Waals surface area (Å²) in [6.07, 6.45) is 0.764. The number of nitrogens with one attached hydrogen (secondary N) is 1. The number of thiophene rings is 2. The summed E-state index contributed by atoms with van der Waals surface area (Å²) >= 11 is 15.3. The molecule has 1 N–H and O–H groups in total. The van der Waals surface area contributed by atoms with E-state index in [1.807, 2.05) is 24.0 Å². The molecule has 0 atom stereocenters. The van der Waals surface area contributed by atoms with Gasteiger partial charge in [-0.05, 0) is 31.5 Å². The summed E-state index contributed by atoms with van der Waals surface area (Å²) in [4.78, 5) is 43.3. The lowest BCUT2D eigenvalue weighted by atomic mass is 10.2. The highest BCUT2D eigenvalue weighted by Crippen LogP contribution is 2.37. The van der Waals surface area contributed by atoms with Crippen LogP contribution in [0.1, 0.15) is 38.8 Å². The summed E-state index contributed by atoms with van der Waals surface area (Å²) in [5.74, 6) is -0.751. The highest BCUT2D eigenvalue weighted by molar-refractivity contribution is 7.21. The number of fused-ring (bicyclic) bond motifs is 1. The Bertz CT molecular complexity index is 1270. The molecule has 0 saturated carbocycles. The maximum absolute atomic E-state index is 13.1. The average Bonchev–Trinajstić information content (AvgIpc) is 3.39. The highest BCUT2D eigenvalue weighted by atomic mass is 35.5. The fraction of sp³-hybridized carbons (Fsp3) is 0.375. The molecule has 1 aliphatic rings. The second kappa shape index (κ2) is 11.3. The number of rotatable bonds is 7. The third-order valence-electron chi connectivity index (χ3n) is 5.69. The Morgan fingerprint density at radius 3 is 2.49 bits per heavy atom. The van der Waals surface area contributed by atoms with Crippen molar-refractivity contribution in [1.29, 1.82) is 0 Å². The molecule has 1 aliphatic heterocycles. The lowest BCUT2D eigenvalue weighted by Gasteiger charge is -2.34. The van der Waals surface area contributed by atoms with Crippen molar-refractivity contribution in [2.75, 3.05) is 44.6 Å². The van der Waals surface area contributed by atoms with Gasteiger partial charge in [-0.25, -0.2) is 4.79 Å². The summed E-state index contributed by atoms with van der Waals surface area (Å²) in [7, 11) is 0. The van der Waals surface area contributed by atoms with Crippen molar-refractivity contribution in [3.8, 4) is 0 Å². The van der Waals surface area contributed by atoms with Crippen molar-refractivity contribution in [2.45, 2.75) is 20.3 Å². The van der Waals surface area contributed by atoms with Gasteiger partial charge in [-0.1, -0.05) is 36.2 Å². The Morgan fingerprint density at radius 2 is 1.80 bits per heavy atom. The lowest BCUT2D eigenvalue weighted by molar-refractivity contribution is -0.117. The minimum atomic E-state index is -0.437. The topological polar surface area (TPSA) is 79.0 Å². The Balaban J connectivity index is 1.35. The van der Waals surface area contributed by atoms with Gasteiger partial charge in [-0.15, -0.1) is 22.7 Å². The summed E-state index contributed by atoms with van der Waals surface area (Å²) in [6, 6.07) is 7.17. The van der Waals surface area contributed by atoms with Gasteiger partial charge in [-0.2, -0.15) is 0 Å². The second-order valence-corrected chi connectivity index (χ2v) is 11.0. The molecule has 1 aromatic carbocycles. The standard InChI is InChI=1S/C24H25Cl2N3O4S2/c1-3-15-12-17(24(32)33-4-2)22(34-15)27-19(30)13-28-7-9-29(10-8-28)23(31)21-20(26)16-6-5-14(25)11-18(16)35-21/h5-6,11-12H,3-4,7-10,13H2,1-2H3,(H,27,30). The van der Waals surface area contributed by atoms with Gasteiger partial charge in [0.1, 0.15) is 9.88 Å². The van der Waals surface area contributed by atoms with Crippen LogP contribution in [0.5, 0.6) is 0 Å². The maximum atomic E-state index is 13.1. The van der Waals surface area contributed by atoms with Crippen LogP contribution in [0.4, 0.5) is 5.00 Å². The van der Waals surface area contributed by atoms with Crippen LogP contribution < -0.4 is 5.32 Å². The largest absolute Gasteiger partial charge is 0.462 e. The van der Waals surface area contributed by atoms with E-state index in [1.54, 1.807) is 24.0 Å². The minimum absolute atomic E-state index is 0.110. The lowest BCUT2D eigenvalue weighted by Crippen LogP contribution is -2.50. The Morgan fingerprint density at radius 1 is 1.06 bits per heavy atom. The SMILES string of the molecule is CCOC(=O)c1cc(CC)sc1NC(=O)CN1CCN(C(=O)c2sc3cc(Cl)ccc3c2Cl)CC1. The van der Waals surface area contributed by atoms with E-state index in [1.165, 1.54) is 22.7 Å². The van der Waals surface area contributed by atoms with Gasteiger partial charge >= 0.3 is 5.97 Å². The number of piperazine rings is 1. The second-order valence-electron chi connectivity index (χ2n) is 8.03. The molecule has 0 bridgehead atoms. The van der Waals surface area contributed by atoms with Crippen LogP contribution in [0.15, 0.2) is 24.3 Å². The zero-order chi connectivity index (χ0) is 25.1. The van der Waals surface area contributed by atoms with E-state index in [-0.39, 0.29) is 25.0 Å². The molecule has 1 fully saturated rings. The summed E-state index contributed by atoms with van der Waals surface area (Å²) in [5.41, 5.74) is 0.388. The van der Waals surface area contributed by atoms with Crippen LogP contribution in [-0.4, -0.2) is 66.9 Å². The third-order valence-corrected chi connectivity index (χ3v) is 8.77. The van der Waals surface area contributed by atoms with Crippen LogP contribution in [0, 0.1) is 0 Å². The first-order valence-corrected chi connectivity index (χ1v) is 13.7. The van der Waals surface area contributed by atoms with Crippen molar-refractivity contribution in [3.05, 3.63) is 49.6 Å². The van der Waals surface area contributed by atoms with E-state index in [9.17, 15) is 14.4 Å². The first kappa shape index (κ1) is 25.9. The summed E-state index contributed by atoms with van der Waals surface area (Å²) in [5, 5.41) is 5.26. The van der Waals surface area contributed by atoms with Gasteiger partial charge in [-0.3, -0.25) is 14.5 Å². The van der Waals surface area contributed by atoms with E-state index in [4.69, 9.17) is 27.9 Å². The zero-order valence-electron chi connectivity index (χ0n) is 19.4. The number of halogens is 2. The van der Waals surface area contributed by atoms with Gasteiger partial charge in [0.25, 0.3) is 5.91 Å². The van der Waals surface area contributed by atoms with Gasteiger partial charge in [0, 0.05) is 46.2 Å². The van der Waals surface area contributed by atoms with Crippen LogP contribution in [-0.2, 0) is 16.0 Å². The first-order chi connectivity index (χ1) is 16.8. The Hall–Kier alpha value is -2.17. The number of anilines is 1. The van der Waals surface area contributed by atoms with E-state index in [0.717, 1.165) is 21.4 Å². The van der Waals surface area contributed by atoms with Gasteiger partial charge in [0.15, 0.2) is 0 Å². The number of esters is 1. The maximum Gasteiger partial charge on any atom is 0.341 e. The molecule has 0 aliphatic carbocycles. The molecule has 4 rings (SSSR count). The predicted octanol–water partition coefficient (Wildman–Crippen LogP) is 5.41. The van der Waals surface area contributed by atoms with Crippen molar-refractivity contribution in [1.82, 2.24) is 9.80 Å². The van der Waals surface area contributed by atoms with E-state index >= 15 is 0 Å². The fourth-order valence-corrected chi connectivity index (χ4v) is 6.62. The number of hydrogen-bond acceptors (Lipinski definition) is 7. The quantitative estimate of drug-likeness (QED) is 0.396. The Kier molecular flexibility index (Phi) is 8.34. The third kappa shape index (κ3) is 5.81. The fourth-order valence-electron chi connectivity index (χ4n) is 3.87. The molecule has 3 aromatic rings. The van der Waals surface area contributed by atoms with Crippen LogP contribution in [0.3, 0.4) is 0 Å². The molecule has 0 radical (unpaired) electrons. The zero-order valence-corrected chi connectivity index (χ0v) is 22.5. The predicted molar refractivity (Wildman–Crippen MR) is 142 cm³/mol. The summed E-state index contributed by atoms with van der Waals surface area (Å²) < 4.78 is 5.99. The minimum Gasteiger partial charge on any atom is -0.462 e. The normalized spacial score (nSPS) is 14.3. The first-order valence-electron chi connectivity index (χ1n) is 11.3. The molecule has 35 heavy (non-hydrogen) atoms. The molecule has 0 unspecified atom stereocenters. The number of benzene rings is 1. The number of nitrogens with zero attached hydrogens (tertiary/aromatic N) is 2. The molecule has 1 saturated heterocycles. The average molecular weight is 555 g/mol. The van der Waals surface area contributed by atoms with Crippen molar-refractivity contribution >= 4 is 78.7 Å². The van der Waals surface area contributed by atoms with E-state index in [0.29, 0.717) is 51.7 Å². The highest BCUT2D eigenvalue weighted by Gasteiger charge is 2.27. The van der Waals surface area contributed by atoms with Crippen LogP contribution in [0.2, 0.25) is 10.0 Å². The monoisotopic (exact) mass is 553 g/mol. The van der Waals surface area contributed by atoms with Gasteiger partial charge < -0.3 is 15.0 Å². The molecule has 11 heteroatoms. The molecule has 186 valence electrons. The van der Waals surface area contributed by atoms with Crippen LogP contribution in [0.25, 0.3) is 10.1 Å². The van der Waals surface area contributed by atoms with Gasteiger partial charge in [0.2, 0.25) is 5.91 Å². The smallest absolute Gasteiger partial charge is 0.341 e. The van der Waals surface area contributed by atoms with Crippen LogP contribution >= 0.6 is 45.9 Å². The molecule has 2 amide bonds. The number of hydrogen-bond donors (Lipinski definition) is 1. The molecular weight excluding hydrogens is 529 g/mol. The number of carbonyl (C=O) groups is 3. The molecular formula is C24H25Cl2N3O4S2.